The number of rotatable bonds is 4. The van der Waals surface area contributed by atoms with Crippen LogP contribution in [0.4, 0.5) is 0 Å². The number of aromatic nitrogens is 1. The van der Waals surface area contributed by atoms with Crippen molar-refractivity contribution in [2.45, 2.75) is 26.2 Å². The molecule has 2 rings (SSSR count). The Morgan fingerprint density at radius 2 is 2.21 bits per heavy atom. The number of nitrogens with zero attached hydrogens (tertiary/aromatic N) is 1. The molecule has 0 bridgehead atoms. The first kappa shape index (κ1) is 14.7. The summed E-state index contributed by atoms with van der Waals surface area (Å²) in [6.07, 6.45) is 0. The Kier molecular flexibility index (Phi) is 4.43. The van der Waals surface area contributed by atoms with E-state index in [1.807, 2.05) is 37.6 Å². The number of ether oxygens (including phenoxy) is 1. The van der Waals surface area contributed by atoms with Crippen LogP contribution >= 0.6 is 38.6 Å². The van der Waals surface area contributed by atoms with E-state index < -0.39 is 5.41 Å². The lowest BCUT2D eigenvalue weighted by Gasteiger charge is -2.19. The van der Waals surface area contributed by atoms with Crippen LogP contribution in [-0.4, -0.2) is 17.6 Å². The standard InChI is InChI=1S/C13H14BrNO2S2/c1-4-17-12(16)13(2,3)9-7-19-11(15-9)10-8(14)5-6-18-10/h5-7H,4H2,1-3H3. The lowest BCUT2D eigenvalue weighted by atomic mass is 9.90. The van der Waals surface area contributed by atoms with Gasteiger partial charge in [0.05, 0.1) is 17.2 Å². The third kappa shape index (κ3) is 2.90. The van der Waals surface area contributed by atoms with Crippen molar-refractivity contribution in [3.05, 3.63) is 27.0 Å². The van der Waals surface area contributed by atoms with Crippen LogP contribution in [0.15, 0.2) is 21.3 Å². The first-order chi connectivity index (χ1) is 8.96. The van der Waals surface area contributed by atoms with Crippen LogP contribution in [-0.2, 0) is 14.9 Å². The normalized spacial score (nSPS) is 11.6. The third-order valence-electron chi connectivity index (χ3n) is 2.74. The highest BCUT2D eigenvalue weighted by atomic mass is 79.9. The Hall–Kier alpha value is -0.720. The zero-order valence-electron chi connectivity index (χ0n) is 10.9. The molecule has 0 aliphatic carbocycles. The van der Waals surface area contributed by atoms with E-state index in [4.69, 9.17) is 4.74 Å². The summed E-state index contributed by atoms with van der Waals surface area (Å²) in [6, 6.07) is 2.00. The van der Waals surface area contributed by atoms with Gasteiger partial charge in [-0.05, 0) is 48.1 Å². The quantitative estimate of drug-likeness (QED) is 0.755. The molecule has 19 heavy (non-hydrogen) atoms. The number of thiazole rings is 1. The molecular formula is C13H14BrNO2S2. The number of hydrogen-bond acceptors (Lipinski definition) is 5. The summed E-state index contributed by atoms with van der Waals surface area (Å²) in [6.45, 7) is 5.87. The Morgan fingerprint density at radius 1 is 1.47 bits per heavy atom. The van der Waals surface area contributed by atoms with Gasteiger partial charge in [-0.15, -0.1) is 22.7 Å². The molecule has 0 aromatic carbocycles. The maximum atomic E-state index is 12.0. The summed E-state index contributed by atoms with van der Waals surface area (Å²) in [4.78, 5) is 17.6. The smallest absolute Gasteiger partial charge is 0.317 e. The minimum atomic E-state index is -0.714. The molecular weight excluding hydrogens is 346 g/mol. The molecule has 3 nitrogen and oxygen atoms in total. The zero-order chi connectivity index (χ0) is 14.0. The van der Waals surface area contributed by atoms with Gasteiger partial charge < -0.3 is 4.74 Å². The van der Waals surface area contributed by atoms with Gasteiger partial charge in [0.1, 0.15) is 10.4 Å². The Balaban J connectivity index is 2.31. The molecule has 0 fully saturated rings. The molecule has 0 saturated heterocycles. The van der Waals surface area contributed by atoms with E-state index >= 15 is 0 Å². The van der Waals surface area contributed by atoms with Crippen molar-refractivity contribution in [3.8, 4) is 9.88 Å². The van der Waals surface area contributed by atoms with Crippen molar-refractivity contribution in [1.82, 2.24) is 4.98 Å². The molecule has 2 heterocycles. The fourth-order valence-corrected chi connectivity index (χ4v) is 4.33. The first-order valence-electron chi connectivity index (χ1n) is 5.83. The average molecular weight is 360 g/mol. The fraction of sp³-hybridized carbons (Fsp3) is 0.385. The van der Waals surface area contributed by atoms with Crippen molar-refractivity contribution in [2.75, 3.05) is 6.61 Å². The van der Waals surface area contributed by atoms with Crippen molar-refractivity contribution in [3.63, 3.8) is 0 Å². The van der Waals surface area contributed by atoms with Crippen molar-refractivity contribution < 1.29 is 9.53 Å². The highest BCUT2D eigenvalue weighted by Gasteiger charge is 2.34. The van der Waals surface area contributed by atoms with E-state index in [-0.39, 0.29) is 5.97 Å². The summed E-state index contributed by atoms with van der Waals surface area (Å²) in [5, 5.41) is 4.87. The molecule has 0 amide bonds. The van der Waals surface area contributed by atoms with Crippen LogP contribution < -0.4 is 0 Å². The van der Waals surface area contributed by atoms with Crippen molar-refractivity contribution >= 4 is 44.6 Å². The molecule has 6 heteroatoms. The van der Waals surface area contributed by atoms with E-state index in [9.17, 15) is 4.79 Å². The lowest BCUT2D eigenvalue weighted by molar-refractivity contribution is -0.148. The number of esters is 1. The van der Waals surface area contributed by atoms with Gasteiger partial charge in [0, 0.05) is 9.85 Å². The summed E-state index contributed by atoms with van der Waals surface area (Å²) in [5.41, 5.74) is 0.0420. The van der Waals surface area contributed by atoms with Gasteiger partial charge in [-0.2, -0.15) is 0 Å². The van der Waals surface area contributed by atoms with Crippen LogP contribution in [0.2, 0.25) is 0 Å². The minimum absolute atomic E-state index is 0.239. The molecule has 0 unspecified atom stereocenters. The second-order valence-electron chi connectivity index (χ2n) is 4.48. The zero-order valence-corrected chi connectivity index (χ0v) is 14.1. The molecule has 0 atom stereocenters. The summed E-state index contributed by atoms with van der Waals surface area (Å²) in [5.74, 6) is -0.239. The average Bonchev–Trinajstić information content (AvgIpc) is 2.97. The van der Waals surface area contributed by atoms with Gasteiger partial charge in [-0.3, -0.25) is 4.79 Å². The summed E-state index contributed by atoms with van der Waals surface area (Å²) < 4.78 is 6.14. The molecule has 0 saturated carbocycles. The number of thiophene rings is 1. The molecule has 2 aromatic rings. The first-order valence-corrected chi connectivity index (χ1v) is 8.38. The predicted octanol–water partition coefficient (Wildman–Crippen LogP) is 4.47. The topological polar surface area (TPSA) is 39.2 Å². The monoisotopic (exact) mass is 359 g/mol. The van der Waals surface area contributed by atoms with Crippen LogP contribution in [0, 0.1) is 0 Å². The van der Waals surface area contributed by atoms with Gasteiger partial charge in [0.25, 0.3) is 0 Å². The van der Waals surface area contributed by atoms with Crippen LogP contribution in [0.25, 0.3) is 9.88 Å². The minimum Gasteiger partial charge on any atom is -0.465 e. The Morgan fingerprint density at radius 3 is 2.79 bits per heavy atom. The number of carbonyl (C=O) groups is 1. The molecule has 0 radical (unpaired) electrons. The van der Waals surface area contributed by atoms with Gasteiger partial charge in [0.2, 0.25) is 0 Å². The van der Waals surface area contributed by atoms with Gasteiger partial charge in [-0.25, -0.2) is 4.98 Å². The van der Waals surface area contributed by atoms with Crippen LogP contribution in [0.3, 0.4) is 0 Å². The number of carbonyl (C=O) groups excluding carboxylic acids is 1. The van der Waals surface area contributed by atoms with E-state index in [0.717, 1.165) is 20.1 Å². The summed E-state index contributed by atoms with van der Waals surface area (Å²) in [7, 11) is 0. The number of hydrogen-bond donors (Lipinski definition) is 0. The second kappa shape index (κ2) is 5.73. The highest BCUT2D eigenvalue weighted by molar-refractivity contribution is 9.10. The molecule has 102 valence electrons. The van der Waals surface area contributed by atoms with Crippen molar-refractivity contribution in [2.24, 2.45) is 0 Å². The predicted molar refractivity (Wildman–Crippen MR) is 82.8 cm³/mol. The third-order valence-corrected chi connectivity index (χ3v) is 5.58. The summed E-state index contributed by atoms with van der Waals surface area (Å²) >= 11 is 6.68. The van der Waals surface area contributed by atoms with Crippen molar-refractivity contribution in [1.29, 1.82) is 0 Å². The maximum Gasteiger partial charge on any atom is 0.317 e. The lowest BCUT2D eigenvalue weighted by Crippen LogP contribution is -2.31. The maximum absolute atomic E-state index is 12.0. The molecule has 2 aromatic heterocycles. The largest absolute Gasteiger partial charge is 0.465 e. The Labute approximate surface area is 128 Å². The van der Waals surface area contributed by atoms with Gasteiger partial charge >= 0.3 is 5.97 Å². The van der Waals surface area contributed by atoms with E-state index in [1.165, 1.54) is 0 Å². The van der Waals surface area contributed by atoms with Gasteiger partial charge in [-0.1, -0.05) is 0 Å². The van der Waals surface area contributed by atoms with E-state index in [0.29, 0.717) is 6.61 Å². The molecule has 0 aliphatic rings. The van der Waals surface area contributed by atoms with E-state index in [1.54, 1.807) is 22.7 Å². The van der Waals surface area contributed by atoms with Gasteiger partial charge in [0.15, 0.2) is 0 Å². The molecule has 0 spiro atoms. The second-order valence-corrected chi connectivity index (χ2v) is 7.11. The molecule has 0 aliphatic heterocycles. The van der Waals surface area contributed by atoms with E-state index in [2.05, 4.69) is 20.9 Å². The molecule has 0 N–H and O–H groups in total. The number of halogens is 1. The SMILES string of the molecule is CCOC(=O)C(C)(C)c1csc(-c2sccc2Br)n1. The Bertz CT molecular complexity index is 589. The fourth-order valence-electron chi connectivity index (χ4n) is 1.53. The van der Waals surface area contributed by atoms with Crippen LogP contribution in [0.1, 0.15) is 26.5 Å². The highest BCUT2D eigenvalue weighted by Crippen LogP contribution is 2.37. The van der Waals surface area contributed by atoms with Crippen LogP contribution in [0.5, 0.6) is 0 Å².